The number of aryl methyl sites for hydroxylation is 1. The molecule has 1 fully saturated rings. The molecular formula is C17H26N2O2. The minimum Gasteiger partial charge on any atom is -0.497 e. The van der Waals surface area contributed by atoms with Crippen LogP contribution in [0, 0.1) is 6.92 Å². The number of hydrogen-bond donors (Lipinski definition) is 1. The number of hydrogen-bond acceptors (Lipinski definition) is 3. The van der Waals surface area contributed by atoms with E-state index in [1.807, 2.05) is 36.9 Å². The Morgan fingerprint density at radius 2 is 1.90 bits per heavy atom. The molecular weight excluding hydrogens is 264 g/mol. The molecule has 4 heteroatoms. The first-order chi connectivity index (χ1) is 10.1. The third kappa shape index (κ3) is 4.13. The van der Waals surface area contributed by atoms with Crippen molar-refractivity contribution in [2.75, 3.05) is 25.5 Å². The van der Waals surface area contributed by atoms with Gasteiger partial charge in [-0.2, -0.15) is 0 Å². The Morgan fingerprint density at radius 1 is 1.24 bits per heavy atom. The van der Waals surface area contributed by atoms with Crippen LogP contribution in [0.4, 0.5) is 5.69 Å². The maximum Gasteiger partial charge on any atom is 0.244 e. The fourth-order valence-electron chi connectivity index (χ4n) is 2.79. The van der Waals surface area contributed by atoms with E-state index in [2.05, 4.69) is 5.32 Å². The van der Waals surface area contributed by atoms with Crippen LogP contribution in [0.15, 0.2) is 18.2 Å². The van der Waals surface area contributed by atoms with Crippen LogP contribution in [0.25, 0.3) is 0 Å². The summed E-state index contributed by atoms with van der Waals surface area (Å²) in [5.41, 5.74) is 2.08. The lowest BCUT2D eigenvalue weighted by Gasteiger charge is -2.25. The van der Waals surface area contributed by atoms with Gasteiger partial charge >= 0.3 is 0 Å². The molecule has 2 rings (SSSR count). The van der Waals surface area contributed by atoms with Crippen molar-refractivity contribution >= 4 is 11.6 Å². The van der Waals surface area contributed by atoms with E-state index in [1.165, 1.54) is 12.8 Å². The Labute approximate surface area is 127 Å². The summed E-state index contributed by atoms with van der Waals surface area (Å²) in [4.78, 5) is 14.5. The van der Waals surface area contributed by atoms with E-state index in [9.17, 15) is 4.79 Å². The van der Waals surface area contributed by atoms with Crippen LogP contribution < -0.4 is 10.1 Å². The fourth-order valence-corrected chi connectivity index (χ4v) is 2.79. The lowest BCUT2D eigenvalue weighted by atomic mass is 10.1. The van der Waals surface area contributed by atoms with Crippen molar-refractivity contribution < 1.29 is 9.53 Å². The number of benzene rings is 1. The Kier molecular flexibility index (Phi) is 5.48. The number of likely N-dealkylation sites (tertiary alicyclic amines) is 1. The summed E-state index contributed by atoms with van der Waals surface area (Å²) in [7, 11) is 1.66. The van der Waals surface area contributed by atoms with Gasteiger partial charge in [-0.3, -0.25) is 4.79 Å². The highest BCUT2D eigenvalue weighted by atomic mass is 16.5. The van der Waals surface area contributed by atoms with Gasteiger partial charge in [0.15, 0.2) is 0 Å². The minimum absolute atomic E-state index is 0.199. The number of carbonyl (C=O) groups is 1. The average Bonchev–Trinajstić information content (AvgIpc) is 2.77. The van der Waals surface area contributed by atoms with Crippen molar-refractivity contribution in [1.82, 2.24) is 4.90 Å². The summed E-state index contributed by atoms with van der Waals surface area (Å²) >= 11 is 0. The van der Waals surface area contributed by atoms with E-state index in [-0.39, 0.29) is 11.9 Å². The van der Waals surface area contributed by atoms with Crippen LogP contribution in [-0.2, 0) is 4.79 Å². The van der Waals surface area contributed by atoms with Gasteiger partial charge in [-0.15, -0.1) is 0 Å². The second kappa shape index (κ2) is 7.34. The van der Waals surface area contributed by atoms with Crippen molar-refractivity contribution in [3.63, 3.8) is 0 Å². The summed E-state index contributed by atoms with van der Waals surface area (Å²) in [6.07, 6.45) is 4.73. The van der Waals surface area contributed by atoms with E-state index in [4.69, 9.17) is 4.74 Å². The number of rotatable bonds is 4. The molecule has 0 radical (unpaired) electrons. The summed E-state index contributed by atoms with van der Waals surface area (Å²) < 4.78 is 5.21. The summed E-state index contributed by atoms with van der Waals surface area (Å²) in [5, 5.41) is 3.33. The van der Waals surface area contributed by atoms with Gasteiger partial charge in [-0.1, -0.05) is 12.8 Å². The molecule has 1 aromatic rings. The molecule has 1 unspecified atom stereocenters. The van der Waals surface area contributed by atoms with E-state index in [1.54, 1.807) is 7.11 Å². The molecule has 0 saturated carbocycles. The number of nitrogens with zero attached hydrogens (tertiary/aromatic N) is 1. The van der Waals surface area contributed by atoms with E-state index in [0.29, 0.717) is 0 Å². The molecule has 4 nitrogen and oxygen atoms in total. The SMILES string of the molecule is COc1ccc(NC(C)C(=O)N2CCCCCC2)c(C)c1. The molecule has 1 atom stereocenters. The first-order valence-corrected chi connectivity index (χ1v) is 7.82. The second-order valence-corrected chi connectivity index (χ2v) is 5.79. The lowest BCUT2D eigenvalue weighted by Crippen LogP contribution is -2.41. The van der Waals surface area contributed by atoms with Crippen LogP contribution >= 0.6 is 0 Å². The highest BCUT2D eigenvalue weighted by Crippen LogP contribution is 2.22. The number of methoxy groups -OCH3 is 1. The molecule has 1 aromatic carbocycles. The van der Waals surface area contributed by atoms with Crippen LogP contribution in [0.2, 0.25) is 0 Å². The Balaban J connectivity index is 1.99. The first-order valence-electron chi connectivity index (χ1n) is 7.82. The molecule has 0 bridgehead atoms. The van der Waals surface area contributed by atoms with Crippen molar-refractivity contribution in [3.05, 3.63) is 23.8 Å². The molecule has 1 aliphatic heterocycles. The molecule has 0 aliphatic carbocycles. The number of carbonyl (C=O) groups excluding carboxylic acids is 1. The zero-order valence-electron chi connectivity index (χ0n) is 13.3. The van der Waals surface area contributed by atoms with Gasteiger partial charge < -0.3 is 15.0 Å². The van der Waals surface area contributed by atoms with Gasteiger partial charge in [0.2, 0.25) is 5.91 Å². The normalized spacial score (nSPS) is 17.0. The predicted molar refractivity (Wildman–Crippen MR) is 85.9 cm³/mol. The number of anilines is 1. The average molecular weight is 290 g/mol. The van der Waals surface area contributed by atoms with E-state index >= 15 is 0 Å². The van der Waals surface area contributed by atoms with Gasteiger partial charge in [-0.25, -0.2) is 0 Å². The maximum atomic E-state index is 12.5. The quantitative estimate of drug-likeness (QED) is 0.926. The summed E-state index contributed by atoms with van der Waals surface area (Å²) in [6, 6.07) is 5.67. The zero-order valence-corrected chi connectivity index (χ0v) is 13.3. The third-order valence-electron chi connectivity index (χ3n) is 4.09. The largest absolute Gasteiger partial charge is 0.497 e. The molecule has 0 spiro atoms. The number of amides is 1. The zero-order chi connectivity index (χ0) is 15.2. The van der Waals surface area contributed by atoms with Crippen molar-refractivity contribution in [2.45, 2.75) is 45.6 Å². The molecule has 21 heavy (non-hydrogen) atoms. The highest BCUT2D eigenvalue weighted by molar-refractivity contribution is 5.84. The molecule has 116 valence electrons. The monoisotopic (exact) mass is 290 g/mol. The molecule has 1 aliphatic rings. The topological polar surface area (TPSA) is 41.6 Å². The Hall–Kier alpha value is -1.71. The van der Waals surface area contributed by atoms with Gasteiger partial charge in [0.25, 0.3) is 0 Å². The summed E-state index contributed by atoms with van der Waals surface area (Å²) in [6.45, 7) is 5.75. The van der Waals surface area contributed by atoms with Gasteiger partial charge in [0, 0.05) is 18.8 Å². The van der Waals surface area contributed by atoms with Crippen molar-refractivity contribution in [3.8, 4) is 5.75 Å². The minimum atomic E-state index is -0.199. The van der Waals surface area contributed by atoms with Crippen LogP contribution in [-0.4, -0.2) is 37.0 Å². The Bertz CT molecular complexity index is 480. The van der Waals surface area contributed by atoms with E-state index < -0.39 is 0 Å². The van der Waals surface area contributed by atoms with Crippen molar-refractivity contribution in [1.29, 1.82) is 0 Å². The molecule has 1 amide bonds. The van der Waals surface area contributed by atoms with Gasteiger partial charge in [0.1, 0.15) is 11.8 Å². The summed E-state index contributed by atoms with van der Waals surface area (Å²) in [5.74, 6) is 1.04. The van der Waals surface area contributed by atoms with Gasteiger partial charge in [0.05, 0.1) is 7.11 Å². The molecule has 1 saturated heterocycles. The molecule has 0 aromatic heterocycles. The Morgan fingerprint density at radius 3 is 2.48 bits per heavy atom. The number of nitrogens with one attached hydrogen (secondary N) is 1. The maximum absolute atomic E-state index is 12.5. The molecule has 1 N–H and O–H groups in total. The van der Waals surface area contributed by atoms with Crippen molar-refractivity contribution in [2.24, 2.45) is 0 Å². The standard InChI is InChI=1S/C17H26N2O2/c1-13-12-15(21-3)8-9-16(13)18-14(2)17(20)19-10-6-4-5-7-11-19/h8-9,12,14,18H,4-7,10-11H2,1-3H3. The second-order valence-electron chi connectivity index (χ2n) is 5.79. The smallest absolute Gasteiger partial charge is 0.244 e. The third-order valence-corrected chi connectivity index (χ3v) is 4.09. The predicted octanol–water partition coefficient (Wildman–Crippen LogP) is 3.21. The van der Waals surface area contributed by atoms with Crippen LogP contribution in [0.3, 0.4) is 0 Å². The fraction of sp³-hybridized carbons (Fsp3) is 0.588. The number of ether oxygens (including phenoxy) is 1. The van der Waals surface area contributed by atoms with E-state index in [0.717, 1.165) is 42.9 Å². The molecule has 1 heterocycles. The highest BCUT2D eigenvalue weighted by Gasteiger charge is 2.21. The van der Waals surface area contributed by atoms with Crippen LogP contribution in [0.1, 0.15) is 38.2 Å². The first kappa shape index (κ1) is 15.7. The van der Waals surface area contributed by atoms with Gasteiger partial charge in [-0.05, 0) is 50.5 Å². The van der Waals surface area contributed by atoms with Crippen LogP contribution in [0.5, 0.6) is 5.75 Å². The lowest BCUT2D eigenvalue weighted by molar-refractivity contribution is -0.131.